The fraction of sp³-hybridized carbons (Fsp3) is 0.263. The molecule has 2 rings (SSSR count). The average molecular weight is 342 g/mol. The van der Waals surface area contributed by atoms with Gasteiger partial charge in [-0.2, -0.15) is 0 Å². The maximum Gasteiger partial charge on any atom is 0.251 e. The molecule has 0 atom stereocenters. The van der Waals surface area contributed by atoms with Gasteiger partial charge in [0.25, 0.3) is 5.91 Å². The van der Waals surface area contributed by atoms with E-state index >= 15 is 0 Å². The number of benzene rings is 2. The Kier molecular flexibility index (Phi) is 6.00. The third-order valence-electron chi connectivity index (χ3n) is 3.73. The van der Waals surface area contributed by atoms with Gasteiger partial charge in [-0.15, -0.1) is 0 Å². The van der Waals surface area contributed by atoms with Crippen LogP contribution in [0.5, 0.6) is 11.5 Å². The molecule has 2 aromatic carbocycles. The van der Waals surface area contributed by atoms with Crippen molar-refractivity contribution in [1.29, 1.82) is 0 Å². The van der Waals surface area contributed by atoms with Gasteiger partial charge in [0.1, 0.15) is 11.5 Å². The standard InChI is InChI=1S/C19H22N2O4/c1-21(2)15-7-5-13(6-8-15)18(22)12-20-19(23)14-9-16(24-3)11-17(10-14)25-4/h5-11H,12H2,1-4H3,(H,20,23). The van der Waals surface area contributed by atoms with E-state index in [1.807, 2.05) is 31.1 Å². The maximum absolute atomic E-state index is 12.3. The first kappa shape index (κ1) is 18.3. The second-order valence-corrected chi connectivity index (χ2v) is 5.65. The number of nitrogens with one attached hydrogen (secondary N) is 1. The molecular formula is C19H22N2O4. The van der Waals surface area contributed by atoms with Crippen LogP contribution >= 0.6 is 0 Å². The molecule has 0 aliphatic rings. The summed E-state index contributed by atoms with van der Waals surface area (Å²) in [6, 6.07) is 12.1. The molecule has 0 spiro atoms. The van der Waals surface area contributed by atoms with Crippen molar-refractivity contribution in [2.75, 3.05) is 39.8 Å². The Morgan fingerprint density at radius 3 is 1.96 bits per heavy atom. The van der Waals surface area contributed by atoms with Gasteiger partial charge < -0.3 is 19.7 Å². The molecule has 6 heteroatoms. The highest BCUT2D eigenvalue weighted by atomic mass is 16.5. The van der Waals surface area contributed by atoms with Gasteiger partial charge in [-0.1, -0.05) is 0 Å². The van der Waals surface area contributed by atoms with Gasteiger partial charge >= 0.3 is 0 Å². The minimum absolute atomic E-state index is 0.0837. The minimum Gasteiger partial charge on any atom is -0.497 e. The number of methoxy groups -OCH3 is 2. The zero-order chi connectivity index (χ0) is 18.4. The lowest BCUT2D eigenvalue weighted by molar-refractivity contribution is 0.0903. The molecule has 0 aromatic heterocycles. The summed E-state index contributed by atoms with van der Waals surface area (Å²) in [4.78, 5) is 26.5. The highest BCUT2D eigenvalue weighted by Crippen LogP contribution is 2.22. The average Bonchev–Trinajstić information content (AvgIpc) is 2.65. The zero-order valence-electron chi connectivity index (χ0n) is 14.8. The highest BCUT2D eigenvalue weighted by Gasteiger charge is 2.12. The number of anilines is 1. The van der Waals surface area contributed by atoms with Gasteiger partial charge in [0.05, 0.1) is 20.8 Å². The second-order valence-electron chi connectivity index (χ2n) is 5.65. The number of ether oxygens (including phenoxy) is 2. The lowest BCUT2D eigenvalue weighted by Crippen LogP contribution is -2.29. The highest BCUT2D eigenvalue weighted by molar-refractivity contribution is 6.02. The summed E-state index contributed by atoms with van der Waals surface area (Å²) in [7, 11) is 6.88. The van der Waals surface area contributed by atoms with Crippen LogP contribution in [0.1, 0.15) is 20.7 Å². The first-order valence-corrected chi connectivity index (χ1v) is 7.76. The van der Waals surface area contributed by atoms with Gasteiger partial charge in [-0.25, -0.2) is 0 Å². The van der Waals surface area contributed by atoms with Crippen LogP contribution in [0.25, 0.3) is 0 Å². The van der Waals surface area contributed by atoms with Crippen molar-refractivity contribution in [3.8, 4) is 11.5 Å². The number of hydrogen-bond acceptors (Lipinski definition) is 5. The lowest BCUT2D eigenvalue weighted by Gasteiger charge is -2.12. The summed E-state index contributed by atoms with van der Waals surface area (Å²) in [6.45, 7) is -0.0837. The van der Waals surface area contributed by atoms with Crippen LogP contribution in [0.3, 0.4) is 0 Å². The van der Waals surface area contributed by atoms with E-state index in [1.165, 1.54) is 14.2 Å². The normalized spacial score (nSPS) is 10.1. The monoisotopic (exact) mass is 342 g/mol. The van der Waals surface area contributed by atoms with Gasteiger partial charge in [0.15, 0.2) is 5.78 Å². The Balaban J connectivity index is 2.02. The summed E-state index contributed by atoms with van der Waals surface area (Å²) in [5, 5.41) is 2.63. The van der Waals surface area contributed by atoms with Crippen molar-refractivity contribution in [2.24, 2.45) is 0 Å². The molecule has 0 radical (unpaired) electrons. The van der Waals surface area contributed by atoms with Crippen LogP contribution in [0.15, 0.2) is 42.5 Å². The molecule has 0 bridgehead atoms. The van der Waals surface area contributed by atoms with Crippen LogP contribution in [0.4, 0.5) is 5.69 Å². The van der Waals surface area contributed by atoms with Crippen molar-refractivity contribution in [2.45, 2.75) is 0 Å². The number of rotatable bonds is 7. The van der Waals surface area contributed by atoms with E-state index in [1.54, 1.807) is 30.3 Å². The van der Waals surface area contributed by atoms with Crippen LogP contribution in [0, 0.1) is 0 Å². The topological polar surface area (TPSA) is 67.9 Å². The summed E-state index contributed by atoms with van der Waals surface area (Å²) < 4.78 is 10.3. The van der Waals surface area contributed by atoms with E-state index in [2.05, 4.69) is 5.32 Å². The molecular weight excluding hydrogens is 320 g/mol. The largest absolute Gasteiger partial charge is 0.497 e. The molecule has 0 unspecified atom stereocenters. The number of hydrogen-bond donors (Lipinski definition) is 1. The summed E-state index contributed by atoms with van der Waals surface area (Å²) in [5.41, 5.74) is 1.92. The Morgan fingerprint density at radius 1 is 0.920 bits per heavy atom. The molecule has 132 valence electrons. The number of Topliss-reactive ketones (excluding diaryl/α,β-unsaturated/α-hetero) is 1. The molecule has 0 heterocycles. The number of amides is 1. The Bertz CT molecular complexity index is 732. The molecule has 1 amide bonds. The van der Waals surface area contributed by atoms with Crippen LogP contribution in [0.2, 0.25) is 0 Å². The molecule has 0 fully saturated rings. The fourth-order valence-corrected chi connectivity index (χ4v) is 2.25. The SMILES string of the molecule is COc1cc(OC)cc(C(=O)NCC(=O)c2ccc(N(C)C)cc2)c1. The van der Waals surface area contributed by atoms with E-state index in [9.17, 15) is 9.59 Å². The Labute approximate surface area is 147 Å². The first-order chi connectivity index (χ1) is 11.9. The maximum atomic E-state index is 12.3. The van der Waals surface area contributed by atoms with E-state index in [0.29, 0.717) is 22.6 Å². The van der Waals surface area contributed by atoms with Crippen LogP contribution < -0.4 is 19.7 Å². The third kappa shape index (κ3) is 4.73. The van der Waals surface area contributed by atoms with Crippen molar-refractivity contribution in [1.82, 2.24) is 5.32 Å². The van der Waals surface area contributed by atoms with Crippen molar-refractivity contribution in [3.05, 3.63) is 53.6 Å². The molecule has 0 saturated heterocycles. The molecule has 0 aliphatic carbocycles. The second kappa shape index (κ2) is 8.19. The van der Waals surface area contributed by atoms with E-state index in [-0.39, 0.29) is 18.2 Å². The van der Waals surface area contributed by atoms with Gasteiger partial charge in [-0.05, 0) is 36.4 Å². The van der Waals surface area contributed by atoms with Gasteiger partial charge in [-0.3, -0.25) is 9.59 Å². The predicted molar refractivity (Wildman–Crippen MR) is 97.0 cm³/mol. The predicted octanol–water partition coefficient (Wildman–Crippen LogP) is 2.38. The number of nitrogens with zero attached hydrogens (tertiary/aromatic N) is 1. The smallest absolute Gasteiger partial charge is 0.251 e. The Hall–Kier alpha value is -3.02. The van der Waals surface area contributed by atoms with Gasteiger partial charge in [0.2, 0.25) is 0 Å². The molecule has 0 aliphatic heterocycles. The fourth-order valence-electron chi connectivity index (χ4n) is 2.25. The molecule has 2 aromatic rings. The van der Waals surface area contributed by atoms with Crippen molar-refractivity contribution in [3.63, 3.8) is 0 Å². The van der Waals surface area contributed by atoms with E-state index < -0.39 is 0 Å². The summed E-state index contributed by atoms with van der Waals surface area (Å²) in [6.07, 6.45) is 0. The summed E-state index contributed by atoms with van der Waals surface area (Å²) in [5.74, 6) is 0.495. The molecule has 6 nitrogen and oxygen atoms in total. The first-order valence-electron chi connectivity index (χ1n) is 7.76. The van der Waals surface area contributed by atoms with Crippen molar-refractivity contribution >= 4 is 17.4 Å². The summed E-state index contributed by atoms with van der Waals surface area (Å²) >= 11 is 0. The molecule has 1 N–H and O–H groups in total. The number of carbonyl (C=O) groups excluding carboxylic acids is 2. The van der Waals surface area contributed by atoms with Crippen molar-refractivity contribution < 1.29 is 19.1 Å². The van der Waals surface area contributed by atoms with Crippen LogP contribution in [-0.4, -0.2) is 46.6 Å². The van der Waals surface area contributed by atoms with E-state index in [0.717, 1.165) is 5.69 Å². The minimum atomic E-state index is -0.365. The van der Waals surface area contributed by atoms with Gasteiger partial charge in [0, 0.05) is 37.0 Å². The number of carbonyl (C=O) groups is 2. The molecule has 25 heavy (non-hydrogen) atoms. The van der Waals surface area contributed by atoms with E-state index in [4.69, 9.17) is 9.47 Å². The Morgan fingerprint density at radius 2 is 1.48 bits per heavy atom. The molecule has 0 saturated carbocycles. The zero-order valence-corrected chi connectivity index (χ0v) is 14.8. The third-order valence-corrected chi connectivity index (χ3v) is 3.73. The van der Waals surface area contributed by atoms with Crippen LogP contribution in [-0.2, 0) is 0 Å². The quantitative estimate of drug-likeness (QED) is 0.783. The lowest BCUT2D eigenvalue weighted by atomic mass is 10.1. The number of ketones is 1.